The highest BCUT2D eigenvalue weighted by Crippen LogP contribution is 2.35. The number of benzene rings is 1. The molecule has 1 aromatic carbocycles. The Hall–Kier alpha value is -1.90. The van der Waals surface area contributed by atoms with E-state index >= 15 is 0 Å². The molecule has 0 aliphatic heterocycles. The van der Waals surface area contributed by atoms with Crippen LogP contribution in [0.15, 0.2) is 18.3 Å². The van der Waals surface area contributed by atoms with E-state index in [1.807, 2.05) is 26.8 Å². The number of fused-ring (bicyclic) bond motifs is 2. The SMILES string of the molecule is CC(C)c1c(I)c2cc3cnn(C(=O)C(C)(C)C)c3cc2n1CCC(=O)O. The van der Waals surface area contributed by atoms with Gasteiger partial charge >= 0.3 is 5.97 Å². The summed E-state index contributed by atoms with van der Waals surface area (Å²) in [5, 5.41) is 15.4. The fraction of sp³-hybridized carbons (Fsp3) is 0.450. The van der Waals surface area contributed by atoms with Gasteiger partial charge < -0.3 is 9.67 Å². The van der Waals surface area contributed by atoms with E-state index in [0.29, 0.717) is 6.54 Å². The Bertz CT molecular complexity index is 1050. The van der Waals surface area contributed by atoms with Gasteiger partial charge in [0.25, 0.3) is 5.91 Å². The van der Waals surface area contributed by atoms with Crippen molar-refractivity contribution in [2.45, 2.75) is 53.5 Å². The molecule has 0 fully saturated rings. The van der Waals surface area contributed by atoms with Gasteiger partial charge in [-0.1, -0.05) is 34.6 Å². The first kappa shape index (κ1) is 19.9. The van der Waals surface area contributed by atoms with Gasteiger partial charge in [-0.05, 0) is 40.6 Å². The second-order valence-corrected chi connectivity index (χ2v) is 9.27. The van der Waals surface area contributed by atoms with Gasteiger partial charge in [0.2, 0.25) is 0 Å². The maximum Gasteiger partial charge on any atom is 0.305 e. The number of nitrogens with zero attached hydrogens (tertiary/aromatic N) is 3. The van der Waals surface area contributed by atoms with Gasteiger partial charge in [-0.2, -0.15) is 9.78 Å². The third kappa shape index (κ3) is 3.49. The van der Waals surface area contributed by atoms with E-state index in [4.69, 9.17) is 5.11 Å². The molecule has 0 amide bonds. The first-order valence-electron chi connectivity index (χ1n) is 8.98. The van der Waals surface area contributed by atoms with E-state index in [9.17, 15) is 9.59 Å². The maximum atomic E-state index is 12.8. The van der Waals surface area contributed by atoms with Crippen molar-refractivity contribution in [2.24, 2.45) is 5.41 Å². The number of hydrogen-bond acceptors (Lipinski definition) is 3. The van der Waals surface area contributed by atoms with Crippen molar-refractivity contribution < 1.29 is 14.7 Å². The van der Waals surface area contributed by atoms with E-state index in [1.54, 1.807) is 6.20 Å². The zero-order valence-corrected chi connectivity index (χ0v) is 18.4. The summed E-state index contributed by atoms with van der Waals surface area (Å²) in [6.45, 7) is 10.2. The number of halogens is 1. The summed E-state index contributed by atoms with van der Waals surface area (Å²) in [6, 6.07) is 4.02. The van der Waals surface area contributed by atoms with Crippen molar-refractivity contribution in [2.75, 3.05) is 0 Å². The Morgan fingerprint density at radius 2 is 1.89 bits per heavy atom. The summed E-state index contributed by atoms with van der Waals surface area (Å²) in [4.78, 5) is 23.9. The number of hydrogen-bond donors (Lipinski definition) is 1. The number of carbonyl (C=O) groups excluding carboxylic acids is 1. The third-order valence-electron chi connectivity index (χ3n) is 4.66. The van der Waals surface area contributed by atoms with Crippen LogP contribution in [0.4, 0.5) is 0 Å². The molecule has 6 nitrogen and oxygen atoms in total. The number of aryl methyl sites for hydroxylation is 1. The van der Waals surface area contributed by atoms with Crippen LogP contribution < -0.4 is 0 Å². The highest BCUT2D eigenvalue weighted by Gasteiger charge is 2.26. The summed E-state index contributed by atoms with van der Waals surface area (Å²) in [7, 11) is 0. The molecule has 3 aromatic rings. The van der Waals surface area contributed by atoms with Crippen LogP contribution in [0.3, 0.4) is 0 Å². The topological polar surface area (TPSA) is 77.1 Å². The zero-order chi connectivity index (χ0) is 20.1. The van der Waals surface area contributed by atoms with Crippen LogP contribution in [-0.2, 0) is 11.3 Å². The van der Waals surface area contributed by atoms with Crippen LogP contribution in [-0.4, -0.2) is 31.3 Å². The lowest BCUT2D eigenvalue weighted by atomic mass is 9.96. The smallest absolute Gasteiger partial charge is 0.305 e. The van der Waals surface area contributed by atoms with Gasteiger partial charge in [0, 0.05) is 32.0 Å². The highest BCUT2D eigenvalue weighted by molar-refractivity contribution is 14.1. The standard InChI is InChI=1S/C20H24IN3O3/c1-11(2)18-17(21)13-8-12-10-22-24(19(27)20(3,4)5)14(12)9-15(13)23(18)7-6-16(25)26/h8-11H,6-7H2,1-5H3,(H,25,26). The van der Waals surface area contributed by atoms with Crippen molar-refractivity contribution >= 4 is 56.3 Å². The second-order valence-electron chi connectivity index (χ2n) is 8.19. The molecule has 3 rings (SSSR count). The van der Waals surface area contributed by atoms with E-state index in [1.165, 1.54) is 4.68 Å². The van der Waals surface area contributed by atoms with Gasteiger partial charge in [-0.15, -0.1) is 0 Å². The number of carboxylic acids is 1. The van der Waals surface area contributed by atoms with Gasteiger partial charge in [0.05, 0.1) is 23.7 Å². The summed E-state index contributed by atoms with van der Waals surface area (Å²) >= 11 is 2.34. The lowest BCUT2D eigenvalue weighted by molar-refractivity contribution is -0.137. The summed E-state index contributed by atoms with van der Waals surface area (Å²) in [6.07, 6.45) is 1.77. The molecule has 0 aliphatic rings. The lowest BCUT2D eigenvalue weighted by Crippen LogP contribution is -2.27. The first-order valence-corrected chi connectivity index (χ1v) is 10.1. The number of aromatic nitrogens is 3. The maximum absolute atomic E-state index is 12.8. The van der Waals surface area contributed by atoms with Crippen LogP contribution in [0.1, 0.15) is 57.4 Å². The Balaban J connectivity index is 2.29. The summed E-state index contributed by atoms with van der Waals surface area (Å²) in [5.74, 6) is -0.635. The van der Waals surface area contributed by atoms with Gasteiger partial charge in [0.15, 0.2) is 0 Å². The molecule has 2 heterocycles. The summed E-state index contributed by atoms with van der Waals surface area (Å²) < 4.78 is 4.67. The van der Waals surface area contributed by atoms with Crippen molar-refractivity contribution in [3.63, 3.8) is 0 Å². The normalized spacial score (nSPS) is 12.4. The van der Waals surface area contributed by atoms with Crippen LogP contribution in [0, 0.1) is 8.99 Å². The fourth-order valence-corrected chi connectivity index (χ4v) is 4.69. The molecule has 7 heteroatoms. The molecule has 1 N–H and O–H groups in total. The van der Waals surface area contributed by atoms with E-state index in [0.717, 1.165) is 31.1 Å². The molecule has 2 aromatic heterocycles. The molecular formula is C20H24IN3O3. The summed E-state index contributed by atoms with van der Waals surface area (Å²) in [5.41, 5.74) is 2.28. The van der Waals surface area contributed by atoms with Crippen LogP contribution >= 0.6 is 22.6 Å². The number of aliphatic carboxylic acids is 1. The van der Waals surface area contributed by atoms with Crippen molar-refractivity contribution in [1.29, 1.82) is 0 Å². The number of rotatable bonds is 4. The van der Waals surface area contributed by atoms with Crippen molar-refractivity contribution in [3.8, 4) is 0 Å². The minimum Gasteiger partial charge on any atom is -0.481 e. The quantitative estimate of drug-likeness (QED) is 0.539. The number of carboxylic acid groups (broad SMARTS) is 1. The van der Waals surface area contributed by atoms with Gasteiger partial charge in [-0.3, -0.25) is 9.59 Å². The van der Waals surface area contributed by atoms with E-state index in [-0.39, 0.29) is 18.2 Å². The van der Waals surface area contributed by atoms with Crippen molar-refractivity contribution in [1.82, 2.24) is 14.3 Å². The highest BCUT2D eigenvalue weighted by atomic mass is 127. The first-order chi connectivity index (χ1) is 12.5. The average molecular weight is 481 g/mol. The van der Waals surface area contributed by atoms with Crippen LogP contribution in [0.2, 0.25) is 0 Å². The predicted molar refractivity (Wildman–Crippen MR) is 114 cm³/mol. The molecule has 27 heavy (non-hydrogen) atoms. The molecule has 144 valence electrons. The van der Waals surface area contributed by atoms with E-state index < -0.39 is 11.4 Å². The average Bonchev–Trinajstić information content (AvgIpc) is 3.08. The predicted octanol–water partition coefficient (Wildman–Crippen LogP) is 4.88. The Morgan fingerprint density at radius 3 is 2.44 bits per heavy atom. The minimum atomic E-state index is -0.824. The minimum absolute atomic E-state index is 0.0534. The van der Waals surface area contributed by atoms with Crippen molar-refractivity contribution in [3.05, 3.63) is 27.6 Å². The van der Waals surface area contributed by atoms with Crippen LogP contribution in [0.25, 0.3) is 21.8 Å². The largest absolute Gasteiger partial charge is 0.481 e. The Morgan fingerprint density at radius 1 is 1.22 bits per heavy atom. The van der Waals surface area contributed by atoms with Gasteiger partial charge in [-0.25, -0.2) is 0 Å². The molecule has 0 bridgehead atoms. The van der Waals surface area contributed by atoms with Gasteiger partial charge in [0.1, 0.15) is 0 Å². The lowest BCUT2D eigenvalue weighted by Gasteiger charge is -2.16. The molecule has 0 saturated heterocycles. The Labute approximate surface area is 171 Å². The molecule has 0 radical (unpaired) electrons. The second kappa shape index (κ2) is 6.92. The molecule has 0 spiro atoms. The molecule has 0 unspecified atom stereocenters. The van der Waals surface area contributed by atoms with Crippen LogP contribution in [0.5, 0.6) is 0 Å². The molecule has 0 saturated carbocycles. The van der Waals surface area contributed by atoms with E-state index in [2.05, 4.69) is 52.2 Å². The fourth-order valence-electron chi connectivity index (χ4n) is 3.34. The third-order valence-corrected chi connectivity index (χ3v) is 5.79. The molecular weight excluding hydrogens is 457 g/mol. The Kier molecular flexibility index (Phi) is 5.09. The molecule has 0 aliphatic carbocycles. The zero-order valence-electron chi connectivity index (χ0n) is 16.2. The monoisotopic (exact) mass is 481 g/mol. The number of carbonyl (C=O) groups is 2. The molecule has 0 atom stereocenters.